The van der Waals surface area contributed by atoms with E-state index in [-0.39, 0.29) is 11.3 Å². The van der Waals surface area contributed by atoms with Gasteiger partial charge < -0.3 is 11.1 Å². The van der Waals surface area contributed by atoms with Gasteiger partial charge in [0, 0.05) is 13.0 Å². The van der Waals surface area contributed by atoms with Crippen LogP contribution >= 0.6 is 0 Å². The van der Waals surface area contributed by atoms with Crippen molar-refractivity contribution in [3.05, 3.63) is 0 Å². The molecule has 0 aromatic carbocycles. The SMILES string of the molecule is CC(C)CCCCNC(=O)CC1(CN)CCC1. The highest BCUT2D eigenvalue weighted by Crippen LogP contribution is 2.42. The summed E-state index contributed by atoms with van der Waals surface area (Å²) >= 11 is 0. The lowest BCUT2D eigenvalue weighted by Crippen LogP contribution is -2.42. The minimum atomic E-state index is 0.141. The largest absolute Gasteiger partial charge is 0.356 e. The van der Waals surface area contributed by atoms with E-state index in [4.69, 9.17) is 5.73 Å². The normalized spacial score (nSPS) is 17.9. The molecule has 1 aliphatic rings. The monoisotopic (exact) mass is 240 g/mol. The highest BCUT2D eigenvalue weighted by Gasteiger charge is 2.37. The molecule has 3 heteroatoms. The number of nitrogens with one attached hydrogen (secondary N) is 1. The molecule has 0 aromatic rings. The summed E-state index contributed by atoms with van der Waals surface area (Å²) in [6.07, 6.45) is 7.68. The Hall–Kier alpha value is -0.570. The van der Waals surface area contributed by atoms with Crippen LogP contribution in [0.4, 0.5) is 0 Å². The van der Waals surface area contributed by atoms with Gasteiger partial charge in [0.2, 0.25) is 5.91 Å². The van der Waals surface area contributed by atoms with Crippen LogP contribution in [0.25, 0.3) is 0 Å². The first-order valence-corrected chi connectivity index (χ1v) is 7.05. The van der Waals surface area contributed by atoms with Crippen LogP contribution in [0, 0.1) is 11.3 Å². The molecule has 1 aliphatic carbocycles. The minimum absolute atomic E-state index is 0.141. The Morgan fingerprint density at radius 3 is 2.53 bits per heavy atom. The van der Waals surface area contributed by atoms with Crippen molar-refractivity contribution >= 4 is 5.91 Å². The van der Waals surface area contributed by atoms with E-state index in [9.17, 15) is 4.79 Å². The molecular weight excluding hydrogens is 212 g/mol. The highest BCUT2D eigenvalue weighted by atomic mass is 16.1. The number of unbranched alkanes of at least 4 members (excludes halogenated alkanes) is 1. The Morgan fingerprint density at radius 1 is 1.35 bits per heavy atom. The smallest absolute Gasteiger partial charge is 0.220 e. The molecule has 0 atom stereocenters. The molecule has 0 bridgehead atoms. The minimum Gasteiger partial charge on any atom is -0.356 e. The maximum absolute atomic E-state index is 11.7. The summed E-state index contributed by atoms with van der Waals surface area (Å²) in [7, 11) is 0. The number of carbonyl (C=O) groups is 1. The van der Waals surface area contributed by atoms with Crippen LogP contribution in [0.3, 0.4) is 0 Å². The van der Waals surface area contributed by atoms with Crippen molar-refractivity contribution in [1.29, 1.82) is 0 Å². The average molecular weight is 240 g/mol. The third-order valence-corrected chi connectivity index (χ3v) is 3.91. The molecule has 0 spiro atoms. The van der Waals surface area contributed by atoms with Gasteiger partial charge in [-0.15, -0.1) is 0 Å². The number of hydrogen-bond donors (Lipinski definition) is 2. The molecule has 1 saturated carbocycles. The van der Waals surface area contributed by atoms with E-state index in [1.807, 2.05) is 0 Å². The zero-order chi connectivity index (χ0) is 12.7. The van der Waals surface area contributed by atoms with Gasteiger partial charge in [-0.1, -0.05) is 33.1 Å². The van der Waals surface area contributed by atoms with Gasteiger partial charge in [-0.2, -0.15) is 0 Å². The lowest BCUT2D eigenvalue weighted by Gasteiger charge is -2.40. The summed E-state index contributed by atoms with van der Waals surface area (Å²) in [6, 6.07) is 0. The summed E-state index contributed by atoms with van der Waals surface area (Å²) in [5, 5.41) is 3.02. The van der Waals surface area contributed by atoms with Gasteiger partial charge in [0.1, 0.15) is 0 Å². The highest BCUT2D eigenvalue weighted by molar-refractivity contribution is 5.76. The zero-order valence-electron chi connectivity index (χ0n) is 11.4. The lowest BCUT2D eigenvalue weighted by molar-refractivity contribution is -0.124. The fourth-order valence-corrected chi connectivity index (χ4v) is 2.44. The molecule has 1 rings (SSSR count). The maximum atomic E-state index is 11.7. The quantitative estimate of drug-likeness (QED) is 0.640. The molecule has 0 saturated heterocycles. The van der Waals surface area contributed by atoms with Gasteiger partial charge in [-0.25, -0.2) is 0 Å². The van der Waals surface area contributed by atoms with Crippen molar-refractivity contribution in [3.8, 4) is 0 Å². The van der Waals surface area contributed by atoms with E-state index in [2.05, 4.69) is 19.2 Å². The molecule has 100 valence electrons. The lowest BCUT2D eigenvalue weighted by atomic mass is 9.66. The van der Waals surface area contributed by atoms with E-state index < -0.39 is 0 Å². The summed E-state index contributed by atoms with van der Waals surface area (Å²) in [6.45, 7) is 5.96. The third-order valence-electron chi connectivity index (χ3n) is 3.91. The number of rotatable bonds is 8. The van der Waals surface area contributed by atoms with E-state index in [0.29, 0.717) is 13.0 Å². The molecule has 3 nitrogen and oxygen atoms in total. The molecule has 1 amide bonds. The Labute approximate surface area is 106 Å². The number of amides is 1. The van der Waals surface area contributed by atoms with Crippen LogP contribution in [0.1, 0.15) is 58.8 Å². The second kappa shape index (κ2) is 7.00. The standard InChI is InChI=1S/C14H28N2O/c1-12(2)6-3-4-9-16-13(17)10-14(11-15)7-5-8-14/h12H,3-11,15H2,1-2H3,(H,16,17). The van der Waals surface area contributed by atoms with E-state index in [0.717, 1.165) is 31.7 Å². The van der Waals surface area contributed by atoms with Crippen molar-refractivity contribution in [2.24, 2.45) is 17.1 Å². The summed E-state index contributed by atoms with van der Waals surface area (Å²) in [5.41, 5.74) is 5.89. The van der Waals surface area contributed by atoms with Gasteiger partial charge >= 0.3 is 0 Å². The average Bonchev–Trinajstić information content (AvgIpc) is 2.22. The van der Waals surface area contributed by atoms with Crippen molar-refractivity contribution < 1.29 is 4.79 Å². The molecule has 17 heavy (non-hydrogen) atoms. The van der Waals surface area contributed by atoms with Crippen LogP contribution in [0.15, 0.2) is 0 Å². The molecule has 3 N–H and O–H groups in total. The van der Waals surface area contributed by atoms with Crippen molar-refractivity contribution in [3.63, 3.8) is 0 Å². The van der Waals surface area contributed by atoms with Crippen LogP contribution in [-0.2, 0) is 4.79 Å². The first-order valence-electron chi connectivity index (χ1n) is 7.05. The Balaban J connectivity index is 2.05. The topological polar surface area (TPSA) is 55.1 Å². The van der Waals surface area contributed by atoms with Crippen molar-refractivity contribution in [2.75, 3.05) is 13.1 Å². The van der Waals surface area contributed by atoms with Crippen LogP contribution in [0.5, 0.6) is 0 Å². The Bertz CT molecular complexity index is 229. The predicted molar refractivity (Wildman–Crippen MR) is 71.7 cm³/mol. The van der Waals surface area contributed by atoms with Crippen LogP contribution in [0.2, 0.25) is 0 Å². The second-order valence-electron chi connectivity index (χ2n) is 5.97. The Morgan fingerprint density at radius 2 is 2.06 bits per heavy atom. The fourth-order valence-electron chi connectivity index (χ4n) is 2.44. The van der Waals surface area contributed by atoms with Gasteiger partial charge in [0.05, 0.1) is 0 Å². The van der Waals surface area contributed by atoms with Gasteiger partial charge in [0.15, 0.2) is 0 Å². The molecule has 0 heterocycles. The van der Waals surface area contributed by atoms with Crippen molar-refractivity contribution in [2.45, 2.75) is 58.8 Å². The molecule has 0 radical (unpaired) electrons. The third kappa shape index (κ3) is 5.07. The Kier molecular flexibility index (Phi) is 5.96. The van der Waals surface area contributed by atoms with E-state index in [1.165, 1.54) is 19.3 Å². The molecular formula is C14H28N2O. The van der Waals surface area contributed by atoms with Gasteiger partial charge in [-0.05, 0) is 37.1 Å². The first kappa shape index (κ1) is 14.5. The maximum Gasteiger partial charge on any atom is 0.220 e. The number of nitrogens with two attached hydrogens (primary N) is 1. The zero-order valence-corrected chi connectivity index (χ0v) is 11.4. The molecule has 1 fully saturated rings. The molecule has 0 aliphatic heterocycles. The summed E-state index contributed by atoms with van der Waals surface area (Å²) in [5.74, 6) is 0.959. The van der Waals surface area contributed by atoms with E-state index >= 15 is 0 Å². The second-order valence-corrected chi connectivity index (χ2v) is 5.97. The van der Waals surface area contributed by atoms with Crippen molar-refractivity contribution in [1.82, 2.24) is 5.32 Å². The van der Waals surface area contributed by atoms with Gasteiger partial charge in [0.25, 0.3) is 0 Å². The molecule has 0 unspecified atom stereocenters. The fraction of sp³-hybridized carbons (Fsp3) is 0.929. The van der Waals surface area contributed by atoms with Crippen LogP contribution < -0.4 is 11.1 Å². The molecule has 0 aromatic heterocycles. The number of carbonyl (C=O) groups excluding carboxylic acids is 1. The predicted octanol–water partition coefficient (Wildman–Crippen LogP) is 2.45. The number of hydrogen-bond acceptors (Lipinski definition) is 2. The first-order chi connectivity index (χ1) is 8.08. The van der Waals surface area contributed by atoms with Crippen LogP contribution in [-0.4, -0.2) is 19.0 Å². The summed E-state index contributed by atoms with van der Waals surface area (Å²) in [4.78, 5) is 11.7. The van der Waals surface area contributed by atoms with E-state index in [1.54, 1.807) is 0 Å². The van der Waals surface area contributed by atoms with Gasteiger partial charge in [-0.3, -0.25) is 4.79 Å². The summed E-state index contributed by atoms with van der Waals surface area (Å²) < 4.78 is 0.